The molecule has 1 aliphatic rings. The van der Waals surface area contributed by atoms with Gasteiger partial charge < -0.3 is 10.6 Å². The van der Waals surface area contributed by atoms with Crippen LogP contribution in [-0.4, -0.2) is 23.3 Å². The molecule has 0 aromatic heterocycles. The maximum atomic E-state index is 12.5. The average molecular weight is 356 g/mol. The molecule has 0 saturated carbocycles. The van der Waals surface area contributed by atoms with Gasteiger partial charge in [-0.15, -0.1) is 30.1 Å². The van der Waals surface area contributed by atoms with Gasteiger partial charge in [0.05, 0.1) is 17.1 Å². The van der Waals surface area contributed by atoms with Crippen LogP contribution in [0.1, 0.15) is 10.4 Å². The molecule has 2 N–H and O–H groups in total. The first-order valence-corrected chi connectivity index (χ1v) is 9.35. The first-order chi connectivity index (χ1) is 11.7. The van der Waals surface area contributed by atoms with E-state index in [1.54, 1.807) is 23.9 Å². The molecule has 0 bridgehead atoms. The van der Waals surface area contributed by atoms with E-state index in [4.69, 9.17) is 0 Å². The van der Waals surface area contributed by atoms with Gasteiger partial charge >= 0.3 is 0 Å². The van der Waals surface area contributed by atoms with Crippen LogP contribution in [0.25, 0.3) is 0 Å². The van der Waals surface area contributed by atoms with Gasteiger partial charge in [-0.25, -0.2) is 0 Å². The van der Waals surface area contributed by atoms with Crippen molar-refractivity contribution in [3.05, 3.63) is 60.7 Å². The zero-order valence-corrected chi connectivity index (χ0v) is 14.5. The lowest BCUT2D eigenvalue weighted by atomic mass is 10.1. The van der Waals surface area contributed by atoms with Gasteiger partial charge in [0.25, 0.3) is 5.91 Å². The SMILES string of the molecule is C=CCSc1ccccc1NC(=O)c1ccc2c(c1)NC(=O)CS2. The van der Waals surface area contributed by atoms with Crippen molar-refractivity contribution < 1.29 is 9.59 Å². The molecule has 0 radical (unpaired) electrons. The van der Waals surface area contributed by atoms with Crippen molar-refractivity contribution in [3.8, 4) is 0 Å². The molecule has 0 unspecified atom stereocenters. The van der Waals surface area contributed by atoms with Crippen LogP contribution in [0.2, 0.25) is 0 Å². The number of amides is 2. The third kappa shape index (κ3) is 3.83. The molecule has 122 valence electrons. The fourth-order valence-electron chi connectivity index (χ4n) is 2.26. The fraction of sp³-hybridized carbons (Fsp3) is 0.111. The molecule has 3 rings (SSSR count). The lowest BCUT2D eigenvalue weighted by Gasteiger charge is -2.17. The molecule has 24 heavy (non-hydrogen) atoms. The molecule has 0 spiro atoms. The predicted octanol–water partition coefficient (Wildman–Crippen LogP) is 4.26. The van der Waals surface area contributed by atoms with Gasteiger partial charge in [0, 0.05) is 21.1 Å². The van der Waals surface area contributed by atoms with Crippen molar-refractivity contribution in [2.24, 2.45) is 0 Å². The number of hydrogen-bond acceptors (Lipinski definition) is 4. The second kappa shape index (κ2) is 7.59. The van der Waals surface area contributed by atoms with Crippen LogP contribution in [0.15, 0.2) is 64.9 Å². The number of hydrogen-bond donors (Lipinski definition) is 2. The first kappa shape index (κ1) is 16.7. The second-order valence-electron chi connectivity index (χ2n) is 5.10. The Bertz CT molecular complexity index is 805. The predicted molar refractivity (Wildman–Crippen MR) is 101 cm³/mol. The van der Waals surface area contributed by atoms with Crippen LogP contribution >= 0.6 is 23.5 Å². The average Bonchev–Trinajstić information content (AvgIpc) is 2.60. The van der Waals surface area contributed by atoms with Gasteiger partial charge in [-0.2, -0.15) is 0 Å². The van der Waals surface area contributed by atoms with Crippen LogP contribution in [-0.2, 0) is 4.79 Å². The Hall–Kier alpha value is -2.18. The largest absolute Gasteiger partial charge is 0.324 e. The van der Waals surface area contributed by atoms with Crippen molar-refractivity contribution in [2.45, 2.75) is 9.79 Å². The number of benzene rings is 2. The molecule has 0 fully saturated rings. The Kier molecular flexibility index (Phi) is 5.27. The zero-order chi connectivity index (χ0) is 16.9. The number of rotatable bonds is 5. The molecule has 2 amide bonds. The Labute approximate surface area is 149 Å². The number of carbonyl (C=O) groups excluding carboxylic acids is 2. The number of anilines is 2. The fourth-order valence-corrected chi connectivity index (χ4v) is 3.80. The van der Waals surface area contributed by atoms with E-state index in [1.165, 1.54) is 11.8 Å². The minimum atomic E-state index is -0.200. The second-order valence-corrected chi connectivity index (χ2v) is 7.18. The molecular weight excluding hydrogens is 340 g/mol. The molecule has 0 aliphatic carbocycles. The highest BCUT2D eigenvalue weighted by Gasteiger charge is 2.17. The number of thioether (sulfide) groups is 2. The number of carbonyl (C=O) groups is 2. The lowest BCUT2D eigenvalue weighted by Crippen LogP contribution is -2.20. The van der Waals surface area contributed by atoms with Gasteiger partial charge in [-0.3, -0.25) is 9.59 Å². The van der Waals surface area contributed by atoms with E-state index < -0.39 is 0 Å². The van der Waals surface area contributed by atoms with Crippen LogP contribution < -0.4 is 10.6 Å². The molecule has 2 aromatic rings. The molecular formula is C18H16N2O2S2. The number of nitrogens with one attached hydrogen (secondary N) is 2. The van der Waals surface area contributed by atoms with Crippen LogP contribution in [0.4, 0.5) is 11.4 Å². The van der Waals surface area contributed by atoms with E-state index in [9.17, 15) is 9.59 Å². The van der Waals surface area contributed by atoms with Crippen LogP contribution in [0.3, 0.4) is 0 Å². The summed E-state index contributed by atoms with van der Waals surface area (Å²) in [6, 6.07) is 13.0. The Morgan fingerprint density at radius 1 is 1.33 bits per heavy atom. The van der Waals surface area contributed by atoms with E-state index in [-0.39, 0.29) is 11.8 Å². The molecule has 1 heterocycles. The molecule has 1 aliphatic heterocycles. The highest BCUT2D eigenvalue weighted by molar-refractivity contribution is 8.00. The highest BCUT2D eigenvalue weighted by atomic mass is 32.2. The maximum absolute atomic E-state index is 12.5. The summed E-state index contributed by atoms with van der Waals surface area (Å²) in [6.45, 7) is 3.72. The lowest BCUT2D eigenvalue weighted by molar-refractivity contribution is -0.113. The van der Waals surface area contributed by atoms with E-state index in [1.807, 2.05) is 36.4 Å². The Morgan fingerprint density at radius 2 is 2.17 bits per heavy atom. The summed E-state index contributed by atoms with van der Waals surface area (Å²) in [5.74, 6) is 0.937. The summed E-state index contributed by atoms with van der Waals surface area (Å²) in [5, 5.41) is 5.74. The summed E-state index contributed by atoms with van der Waals surface area (Å²) in [7, 11) is 0. The van der Waals surface area contributed by atoms with Gasteiger partial charge in [0.1, 0.15) is 0 Å². The number of fused-ring (bicyclic) bond motifs is 1. The van der Waals surface area contributed by atoms with Crippen LogP contribution in [0, 0.1) is 0 Å². The monoisotopic (exact) mass is 356 g/mol. The maximum Gasteiger partial charge on any atom is 0.255 e. The quantitative estimate of drug-likeness (QED) is 0.621. The summed E-state index contributed by atoms with van der Waals surface area (Å²) in [4.78, 5) is 26.0. The van der Waals surface area contributed by atoms with Crippen molar-refractivity contribution in [2.75, 3.05) is 22.1 Å². The van der Waals surface area contributed by atoms with Crippen molar-refractivity contribution in [1.82, 2.24) is 0 Å². The standard InChI is InChI=1S/C18H16N2O2S2/c1-2-9-23-15-6-4-3-5-13(15)20-18(22)12-7-8-16-14(10-12)19-17(21)11-24-16/h2-8,10H,1,9,11H2,(H,19,21)(H,20,22). The molecule has 2 aromatic carbocycles. The van der Waals surface area contributed by atoms with Crippen molar-refractivity contribution in [3.63, 3.8) is 0 Å². The molecule has 6 heteroatoms. The Morgan fingerprint density at radius 3 is 3.00 bits per heavy atom. The molecule has 0 saturated heterocycles. The van der Waals surface area contributed by atoms with E-state index in [2.05, 4.69) is 17.2 Å². The summed E-state index contributed by atoms with van der Waals surface area (Å²) in [5.41, 5.74) is 1.98. The Balaban J connectivity index is 1.79. The van der Waals surface area contributed by atoms with Gasteiger partial charge in [-0.1, -0.05) is 18.2 Å². The minimum absolute atomic E-state index is 0.0452. The summed E-state index contributed by atoms with van der Waals surface area (Å²) in [6.07, 6.45) is 1.83. The number of para-hydroxylation sites is 1. The first-order valence-electron chi connectivity index (χ1n) is 7.38. The molecule has 4 nitrogen and oxygen atoms in total. The zero-order valence-electron chi connectivity index (χ0n) is 12.9. The van der Waals surface area contributed by atoms with E-state index in [0.29, 0.717) is 17.0 Å². The van der Waals surface area contributed by atoms with Gasteiger partial charge in [0.2, 0.25) is 5.91 Å². The van der Waals surface area contributed by atoms with Gasteiger partial charge in [0.15, 0.2) is 0 Å². The minimum Gasteiger partial charge on any atom is -0.324 e. The topological polar surface area (TPSA) is 58.2 Å². The van der Waals surface area contributed by atoms with Crippen molar-refractivity contribution in [1.29, 1.82) is 0 Å². The summed E-state index contributed by atoms with van der Waals surface area (Å²) < 4.78 is 0. The normalized spacial score (nSPS) is 12.9. The van der Waals surface area contributed by atoms with Crippen LogP contribution in [0.5, 0.6) is 0 Å². The summed E-state index contributed by atoms with van der Waals surface area (Å²) >= 11 is 3.09. The third-order valence-corrected chi connectivity index (χ3v) is 5.51. The van der Waals surface area contributed by atoms with Crippen molar-refractivity contribution >= 4 is 46.7 Å². The smallest absolute Gasteiger partial charge is 0.255 e. The molecule has 0 atom stereocenters. The van der Waals surface area contributed by atoms with E-state index >= 15 is 0 Å². The van der Waals surface area contributed by atoms with E-state index in [0.717, 1.165) is 21.2 Å². The van der Waals surface area contributed by atoms with Gasteiger partial charge in [-0.05, 0) is 30.3 Å². The third-order valence-electron chi connectivity index (χ3n) is 3.37. The highest BCUT2D eigenvalue weighted by Crippen LogP contribution is 2.32.